The number of hydrogen-bond donors (Lipinski definition) is 1. The maximum Gasteiger partial charge on any atom is 0.243 e. The fourth-order valence-electron chi connectivity index (χ4n) is 2.82. The summed E-state index contributed by atoms with van der Waals surface area (Å²) in [5, 5.41) is 9.29. The Hall–Kier alpha value is -0.910. The zero-order chi connectivity index (χ0) is 15.0. The highest BCUT2D eigenvalue weighted by Crippen LogP contribution is 2.32. The molecule has 112 valence electrons. The molecule has 0 bridgehead atoms. The zero-order valence-electron chi connectivity index (χ0n) is 12.4. The molecule has 0 unspecified atom stereocenters. The van der Waals surface area contributed by atoms with E-state index in [-0.39, 0.29) is 12.0 Å². The largest absolute Gasteiger partial charge is 0.392 e. The van der Waals surface area contributed by atoms with Crippen molar-refractivity contribution in [3.63, 3.8) is 0 Å². The molecule has 0 aromatic heterocycles. The predicted octanol–water partition coefficient (Wildman–Crippen LogP) is 2.30. The van der Waals surface area contributed by atoms with Gasteiger partial charge in [-0.3, -0.25) is 0 Å². The van der Waals surface area contributed by atoms with Gasteiger partial charge in [0.2, 0.25) is 10.0 Å². The Labute approximate surface area is 121 Å². The number of sulfonamides is 1. The van der Waals surface area contributed by atoms with E-state index in [0.29, 0.717) is 29.1 Å². The number of nitrogens with zero attached hydrogens (tertiary/aromatic N) is 1. The second-order valence-corrected chi connectivity index (χ2v) is 8.21. The molecule has 2 rings (SSSR count). The lowest BCUT2D eigenvalue weighted by molar-refractivity contribution is 0.187. The number of rotatable bonds is 3. The van der Waals surface area contributed by atoms with E-state index in [4.69, 9.17) is 0 Å². The normalized spacial score (nSPS) is 20.0. The van der Waals surface area contributed by atoms with E-state index < -0.39 is 10.0 Å². The van der Waals surface area contributed by atoms with Crippen molar-refractivity contribution in [2.24, 2.45) is 5.41 Å². The number of hydrogen-bond acceptors (Lipinski definition) is 3. The predicted molar refractivity (Wildman–Crippen MR) is 78.9 cm³/mol. The number of benzene rings is 1. The quantitative estimate of drug-likeness (QED) is 0.931. The molecule has 1 fully saturated rings. The minimum absolute atomic E-state index is 0.0216. The first-order chi connectivity index (χ1) is 9.28. The first kappa shape index (κ1) is 15.5. The van der Waals surface area contributed by atoms with Crippen LogP contribution in [0.5, 0.6) is 0 Å². The molecular formula is C15H23NO3S. The van der Waals surface area contributed by atoms with Crippen molar-refractivity contribution in [2.45, 2.75) is 45.1 Å². The number of aliphatic hydroxyl groups excluding tert-OH is 1. The molecule has 1 aliphatic heterocycles. The van der Waals surface area contributed by atoms with Crippen LogP contribution in [-0.4, -0.2) is 30.9 Å². The molecular weight excluding hydrogens is 274 g/mol. The molecule has 0 aliphatic carbocycles. The van der Waals surface area contributed by atoms with Crippen molar-refractivity contribution < 1.29 is 13.5 Å². The number of piperidine rings is 1. The topological polar surface area (TPSA) is 57.6 Å². The van der Waals surface area contributed by atoms with Crippen LogP contribution in [0.3, 0.4) is 0 Å². The molecule has 0 radical (unpaired) electrons. The second kappa shape index (κ2) is 5.47. The van der Waals surface area contributed by atoms with E-state index in [0.717, 1.165) is 12.8 Å². The summed E-state index contributed by atoms with van der Waals surface area (Å²) in [6.07, 6.45) is 1.94. The van der Waals surface area contributed by atoms with Crippen molar-refractivity contribution in [1.29, 1.82) is 0 Å². The van der Waals surface area contributed by atoms with Crippen molar-refractivity contribution in [3.05, 3.63) is 29.3 Å². The van der Waals surface area contributed by atoms with Gasteiger partial charge in [-0.15, -0.1) is 0 Å². The molecule has 1 N–H and O–H groups in total. The van der Waals surface area contributed by atoms with Gasteiger partial charge in [-0.1, -0.05) is 26.0 Å². The Bertz CT molecular complexity index is 593. The minimum atomic E-state index is -3.47. The summed E-state index contributed by atoms with van der Waals surface area (Å²) in [5.41, 5.74) is 1.34. The Morgan fingerprint density at radius 1 is 1.35 bits per heavy atom. The Morgan fingerprint density at radius 3 is 2.65 bits per heavy atom. The summed E-state index contributed by atoms with van der Waals surface area (Å²) in [4.78, 5) is 0.321. The third-order valence-electron chi connectivity index (χ3n) is 4.05. The molecule has 1 aromatic rings. The van der Waals surface area contributed by atoms with Crippen LogP contribution in [0.4, 0.5) is 0 Å². The van der Waals surface area contributed by atoms with Gasteiger partial charge in [0.15, 0.2) is 0 Å². The molecule has 0 saturated carbocycles. The molecule has 1 aliphatic rings. The fourth-order valence-corrected chi connectivity index (χ4v) is 4.76. The van der Waals surface area contributed by atoms with Crippen LogP contribution in [0.1, 0.15) is 37.8 Å². The molecule has 0 atom stereocenters. The van der Waals surface area contributed by atoms with Crippen LogP contribution in [-0.2, 0) is 16.6 Å². The van der Waals surface area contributed by atoms with Crippen LogP contribution >= 0.6 is 0 Å². The Kier molecular flexibility index (Phi) is 4.23. The molecule has 1 saturated heterocycles. The lowest BCUT2D eigenvalue weighted by Gasteiger charge is -2.37. The van der Waals surface area contributed by atoms with E-state index in [1.807, 2.05) is 0 Å². The average Bonchev–Trinajstić information content (AvgIpc) is 2.37. The summed E-state index contributed by atoms with van der Waals surface area (Å²) in [7, 11) is -3.47. The Morgan fingerprint density at radius 2 is 2.05 bits per heavy atom. The minimum Gasteiger partial charge on any atom is -0.392 e. The first-order valence-electron chi connectivity index (χ1n) is 6.97. The fraction of sp³-hybridized carbons (Fsp3) is 0.600. The molecule has 1 aromatic carbocycles. The van der Waals surface area contributed by atoms with E-state index >= 15 is 0 Å². The third kappa shape index (κ3) is 2.90. The van der Waals surface area contributed by atoms with Gasteiger partial charge in [0.05, 0.1) is 11.5 Å². The average molecular weight is 297 g/mol. The maximum atomic E-state index is 12.8. The molecule has 5 heteroatoms. The van der Waals surface area contributed by atoms with Crippen molar-refractivity contribution in [1.82, 2.24) is 4.31 Å². The summed E-state index contributed by atoms with van der Waals surface area (Å²) in [6.45, 7) is 6.96. The van der Waals surface area contributed by atoms with E-state index in [9.17, 15) is 13.5 Å². The first-order valence-corrected chi connectivity index (χ1v) is 8.41. The van der Waals surface area contributed by atoms with Crippen LogP contribution < -0.4 is 0 Å². The zero-order valence-corrected chi connectivity index (χ0v) is 13.2. The molecule has 0 spiro atoms. The lowest BCUT2D eigenvalue weighted by Crippen LogP contribution is -2.43. The second-order valence-electron chi connectivity index (χ2n) is 6.30. The van der Waals surface area contributed by atoms with Crippen LogP contribution in [0, 0.1) is 12.3 Å². The third-order valence-corrected chi connectivity index (χ3v) is 6.04. The SMILES string of the molecule is Cc1c(CO)cccc1S(=O)(=O)N1CCCC(C)(C)C1. The molecule has 1 heterocycles. The van der Waals surface area contributed by atoms with Crippen LogP contribution in [0.25, 0.3) is 0 Å². The summed E-state index contributed by atoms with van der Waals surface area (Å²) in [5.74, 6) is 0. The standard InChI is InChI=1S/C15H23NO3S/c1-12-13(10-17)6-4-7-14(12)20(18,19)16-9-5-8-15(2,3)11-16/h4,6-7,17H,5,8-11H2,1-3H3. The van der Waals surface area contributed by atoms with Gasteiger partial charge < -0.3 is 5.11 Å². The highest BCUT2D eigenvalue weighted by molar-refractivity contribution is 7.89. The van der Waals surface area contributed by atoms with Gasteiger partial charge in [-0.2, -0.15) is 4.31 Å². The maximum absolute atomic E-state index is 12.8. The van der Waals surface area contributed by atoms with Gasteiger partial charge >= 0.3 is 0 Å². The van der Waals surface area contributed by atoms with E-state index in [1.165, 1.54) is 0 Å². The van der Waals surface area contributed by atoms with Gasteiger partial charge in [-0.05, 0) is 42.4 Å². The van der Waals surface area contributed by atoms with Crippen LogP contribution in [0.2, 0.25) is 0 Å². The highest BCUT2D eigenvalue weighted by atomic mass is 32.2. The summed E-state index contributed by atoms with van der Waals surface area (Å²) >= 11 is 0. The smallest absolute Gasteiger partial charge is 0.243 e. The summed E-state index contributed by atoms with van der Waals surface area (Å²) in [6, 6.07) is 5.08. The molecule has 20 heavy (non-hydrogen) atoms. The Balaban J connectivity index is 2.40. The number of aliphatic hydroxyl groups is 1. The highest BCUT2D eigenvalue weighted by Gasteiger charge is 2.34. The van der Waals surface area contributed by atoms with Crippen LogP contribution in [0.15, 0.2) is 23.1 Å². The monoisotopic (exact) mass is 297 g/mol. The van der Waals surface area contributed by atoms with E-state index in [2.05, 4.69) is 13.8 Å². The van der Waals surface area contributed by atoms with Gasteiger partial charge in [0.25, 0.3) is 0 Å². The summed E-state index contributed by atoms with van der Waals surface area (Å²) < 4.78 is 27.2. The molecule has 0 amide bonds. The molecule has 4 nitrogen and oxygen atoms in total. The van der Waals surface area contributed by atoms with Gasteiger partial charge in [0.1, 0.15) is 0 Å². The van der Waals surface area contributed by atoms with Crippen molar-refractivity contribution in [3.8, 4) is 0 Å². The van der Waals surface area contributed by atoms with Gasteiger partial charge in [-0.25, -0.2) is 8.42 Å². The van der Waals surface area contributed by atoms with Gasteiger partial charge in [0, 0.05) is 13.1 Å². The van der Waals surface area contributed by atoms with Crippen molar-refractivity contribution in [2.75, 3.05) is 13.1 Å². The lowest BCUT2D eigenvalue weighted by atomic mass is 9.85. The van der Waals surface area contributed by atoms with Crippen molar-refractivity contribution >= 4 is 10.0 Å². The van der Waals surface area contributed by atoms with E-state index in [1.54, 1.807) is 29.4 Å².